The lowest BCUT2D eigenvalue weighted by Gasteiger charge is -2.16. The van der Waals surface area contributed by atoms with E-state index in [9.17, 15) is 13.2 Å². The van der Waals surface area contributed by atoms with Crippen LogP contribution in [0.5, 0.6) is 5.75 Å². The van der Waals surface area contributed by atoms with E-state index in [2.05, 4.69) is 9.46 Å². The number of aryl methyl sites for hydroxylation is 1. The van der Waals surface area contributed by atoms with Crippen molar-refractivity contribution in [3.8, 4) is 5.75 Å². The fourth-order valence-electron chi connectivity index (χ4n) is 2.20. The van der Waals surface area contributed by atoms with Gasteiger partial charge in [-0.15, -0.1) is 0 Å². The van der Waals surface area contributed by atoms with E-state index in [4.69, 9.17) is 4.74 Å². The maximum atomic E-state index is 12.5. The fourth-order valence-corrected chi connectivity index (χ4v) is 3.46. The van der Waals surface area contributed by atoms with Gasteiger partial charge in [-0.05, 0) is 43.7 Å². The molecule has 2 rings (SSSR count). The van der Waals surface area contributed by atoms with E-state index in [0.29, 0.717) is 11.3 Å². The summed E-state index contributed by atoms with van der Waals surface area (Å²) in [6.45, 7) is 3.60. The lowest BCUT2D eigenvalue weighted by molar-refractivity contribution is 0.0599. The van der Waals surface area contributed by atoms with E-state index in [0.717, 1.165) is 0 Å². The third-order valence-corrected chi connectivity index (χ3v) is 5.11. The predicted molar refractivity (Wildman–Crippen MR) is 94.2 cm³/mol. The van der Waals surface area contributed by atoms with E-state index in [1.54, 1.807) is 32.0 Å². The first-order valence-electron chi connectivity index (χ1n) is 7.72. The summed E-state index contributed by atoms with van der Waals surface area (Å²) < 4.78 is 37.8. The van der Waals surface area contributed by atoms with Gasteiger partial charge in [0.25, 0.3) is 0 Å². The minimum absolute atomic E-state index is 0.00469. The van der Waals surface area contributed by atoms with Gasteiger partial charge >= 0.3 is 5.97 Å². The molecule has 0 aliphatic heterocycles. The molecule has 134 valence electrons. The molecule has 25 heavy (non-hydrogen) atoms. The Balaban J connectivity index is 2.09. The number of ether oxygens (including phenoxy) is 2. The van der Waals surface area contributed by atoms with Crippen molar-refractivity contribution in [1.29, 1.82) is 0 Å². The fraction of sp³-hybridized carbons (Fsp3) is 0.278. The van der Waals surface area contributed by atoms with Gasteiger partial charge in [0, 0.05) is 0 Å². The second-order valence-electron chi connectivity index (χ2n) is 5.61. The minimum Gasteiger partial charge on any atom is -0.492 e. The molecule has 2 aromatic carbocycles. The summed E-state index contributed by atoms with van der Waals surface area (Å²) in [4.78, 5) is 11.7. The summed E-state index contributed by atoms with van der Waals surface area (Å²) in [6, 6.07) is 13.0. The summed E-state index contributed by atoms with van der Waals surface area (Å²) in [6.07, 6.45) is 0. The molecule has 0 radical (unpaired) electrons. The number of esters is 1. The van der Waals surface area contributed by atoms with E-state index >= 15 is 0 Å². The van der Waals surface area contributed by atoms with Crippen molar-refractivity contribution >= 4 is 16.0 Å². The molecule has 2 aromatic rings. The maximum absolute atomic E-state index is 12.5. The third-order valence-electron chi connectivity index (χ3n) is 3.52. The molecule has 1 unspecified atom stereocenters. The Kier molecular flexibility index (Phi) is 6.17. The number of carbonyl (C=O) groups is 1. The predicted octanol–water partition coefficient (Wildman–Crippen LogP) is 2.53. The third kappa shape index (κ3) is 5.04. The van der Waals surface area contributed by atoms with Crippen LogP contribution in [-0.4, -0.2) is 34.1 Å². The average Bonchev–Trinajstić information content (AvgIpc) is 2.60. The van der Waals surface area contributed by atoms with Gasteiger partial charge in [0.15, 0.2) is 0 Å². The smallest absolute Gasteiger partial charge is 0.338 e. The second kappa shape index (κ2) is 8.13. The molecular formula is C18H21NO5S. The van der Waals surface area contributed by atoms with Crippen LogP contribution in [0.25, 0.3) is 0 Å². The van der Waals surface area contributed by atoms with Gasteiger partial charge in [-0.3, -0.25) is 0 Å². The van der Waals surface area contributed by atoms with Gasteiger partial charge in [-0.1, -0.05) is 24.3 Å². The van der Waals surface area contributed by atoms with Crippen LogP contribution in [0, 0.1) is 6.92 Å². The van der Waals surface area contributed by atoms with Gasteiger partial charge in [-0.2, -0.15) is 0 Å². The number of methoxy groups -OCH3 is 1. The zero-order valence-corrected chi connectivity index (χ0v) is 15.2. The number of hydrogen-bond acceptors (Lipinski definition) is 5. The molecule has 0 fully saturated rings. The van der Waals surface area contributed by atoms with Crippen molar-refractivity contribution in [1.82, 2.24) is 4.72 Å². The van der Waals surface area contributed by atoms with Gasteiger partial charge in [0.2, 0.25) is 10.0 Å². The van der Waals surface area contributed by atoms with Crippen molar-refractivity contribution in [2.75, 3.05) is 13.7 Å². The molecule has 0 aliphatic rings. The Morgan fingerprint density at radius 2 is 1.84 bits per heavy atom. The van der Waals surface area contributed by atoms with Crippen LogP contribution in [0.2, 0.25) is 0 Å². The Bertz CT molecular complexity index is 834. The van der Waals surface area contributed by atoms with Crippen LogP contribution >= 0.6 is 0 Å². The summed E-state index contributed by atoms with van der Waals surface area (Å²) in [7, 11) is -2.53. The number of hydrogen-bond donors (Lipinski definition) is 1. The molecule has 0 heterocycles. The van der Waals surface area contributed by atoms with Gasteiger partial charge < -0.3 is 9.47 Å². The highest BCUT2D eigenvalue weighted by molar-refractivity contribution is 7.89. The number of carbonyl (C=O) groups excluding carboxylic acids is 1. The SMILES string of the molecule is COC(=O)c1cc(S(=O)(=O)NC(C)COc2ccccc2)ccc1C. The first kappa shape index (κ1) is 19.0. The Hall–Kier alpha value is -2.38. The number of nitrogens with one attached hydrogen (secondary N) is 1. The quantitative estimate of drug-likeness (QED) is 0.765. The lowest BCUT2D eigenvalue weighted by Crippen LogP contribution is -2.36. The summed E-state index contributed by atoms with van der Waals surface area (Å²) in [5.74, 6) is 0.0897. The van der Waals surface area contributed by atoms with Crippen molar-refractivity contribution < 1.29 is 22.7 Å². The largest absolute Gasteiger partial charge is 0.492 e. The molecule has 7 heteroatoms. The molecule has 0 bridgehead atoms. The van der Waals surface area contributed by atoms with Crippen LogP contribution < -0.4 is 9.46 Å². The van der Waals surface area contributed by atoms with Crippen LogP contribution in [0.4, 0.5) is 0 Å². The zero-order chi connectivity index (χ0) is 18.4. The standard InChI is InChI=1S/C18H21NO5S/c1-13-9-10-16(11-17(13)18(20)23-3)25(21,22)19-14(2)12-24-15-7-5-4-6-8-15/h4-11,14,19H,12H2,1-3H3. The number of sulfonamides is 1. The highest BCUT2D eigenvalue weighted by Gasteiger charge is 2.20. The monoisotopic (exact) mass is 363 g/mol. The van der Waals surface area contributed by atoms with E-state index in [1.807, 2.05) is 18.2 Å². The van der Waals surface area contributed by atoms with Crippen LogP contribution in [0.3, 0.4) is 0 Å². The topological polar surface area (TPSA) is 81.7 Å². The van der Waals surface area contributed by atoms with Gasteiger partial charge in [-0.25, -0.2) is 17.9 Å². The Morgan fingerprint density at radius 3 is 2.48 bits per heavy atom. The second-order valence-corrected chi connectivity index (χ2v) is 7.33. The van der Waals surface area contributed by atoms with E-state index < -0.39 is 22.0 Å². The first-order chi connectivity index (χ1) is 11.8. The van der Waals surface area contributed by atoms with Crippen LogP contribution in [-0.2, 0) is 14.8 Å². The van der Waals surface area contributed by atoms with Crippen molar-refractivity contribution in [3.05, 3.63) is 59.7 Å². The average molecular weight is 363 g/mol. The molecule has 0 aliphatic carbocycles. The Labute approximate surface area is 147 Å². The highest BCUT2D eigenvalue weighted by Crippen LogP contribution is 2.17. The number of benzene rings is 2. The van der Waals surface area contributed by atoms with Gasteiger partial charge in [0.1, 0.15) is 12.4 Å². The number of rotatable bonds is 7. The Morgan fingerprint density at radius 1 is 1.16 bits per heavy atom. The van der Waals surface area contributed by atoms with Crippen molar-refractivity contribution in [2.45, 2.75) is 24.8 Å². The first-order valence-corrected chi connectivity index (χ1v) is 9.21. The molecule has 0 amide bonds. The van der Waals surface area contributed by atoms with Crippen LogP contribution in [0.1, 0.15) is 22.8 Å². The molecular weight excluding hydrogens is 342 g/mol. The molecule has 6 nitrogen and oxygen atoms in total. The summed E-state index contributed by atoms with van der Waals surface area (Å²) in [5, 5.41) is 0. The van der Waals surface area contributed by atoms with Crippen molar-refractivity contribution in [3.63, 3.8) is 0 Å². The molecule has 0 aromatic heterocycles. The normalized spacial score (nSPS) is 12.4. The highest BCUT2D eigenvalue weighted by atomic mass is 32.2. The molecule has 0 saturated heterocycles. The van der Waals surface area contributed by atoms with Crippen molar-refractivity contribution in [2.24, 2.45) is 0 Å². The van der Waals surface area contributed by atoms with E-state index in [1.165, 1.54) is 19.2 Å². The van der Waals surface area contributed by atoms with Crippen LogP contribution in [0.15, 0.2) is 53.4 Å². The summed E-state index contributed by atoms with van der Waals surface area (Å²) in [5.41, 5.74) is 0.866. The zero-order valence-electron chi connectivity index (χ0n) is 14.4. The number of para-hydroxylation sites is 1. The maximum Gasteiger partial charge on any atom is 0.338 e. The lowest BCUT2D eigenvalue weighted by atomic mass is 10.1. The molecule has 1 atom stereocenters. The minimum atomic E-state index is -3.78. The molecule has 0 saturated carbocycles. The summed E-state index contributed by atoms with van der Waals surface area (Å²) >= 11 is 0. The molecule has 1 N–H and O–H groups in total. The molecule has 0 spiro atoms. The van der Waals surface area contributed by atoms with Gasteiger partial charge in [0.05, 0.1) is 23.6 Å². The van der Waals surface area contributed by atoms with E-state index in [-0.39, 0.29) is 17.1 Å².